The topological polar surface area (TPSA) is 25.8 Å². The Labute approximate surface area is 310 Å². The summed E-state index contributed by atoms with van der Waals surface area (Å²) in [5, 5.41) is 2.20. The van der Waals surface area contributed by atoms with Gasteiger partial charge in [0.05, 0.1) is 22.4 Å². The molecule has 0 fully saturated rings. The standard InChI is InChI=1S/C50H50N2/c1-30-40-12-11-13-41(30)45-23-19-32-15-14-31-18-22-44(51-46(31)47(32)52-45)36-25-35(26-39(27-36)50(8,9)10)42-28-37(48(2,3)4)20-16-33(42)24-34-17-21-38(29-43(34)40)49(5,6)7/h11-23,25-29H,24H2,1-10H3. The van der Waals surface area contributed by atoms with Crippen LogP contribution in [-0.4, -0.2) is 9.97 Å². The zero-order valence-electron chi connectivity index (χ0n) is 32.5. The number of nitrogens with zero attached hydrogens (tertiary/aromatic N) is 2. The van der Waals surface area contributed by atoms with Crippen molar-refractivity contribution in [3.8, 4) is 44.8 Å². The lowest BCUT2D eigenvalue weighted by Gasteiger charge is -2.25. The van der Waals surface area contributed by atoms with Gasteiger partial charge in [-0.25, -0.2) is 9.97 Å². The summed E-state index contributed by atoms with van der Waals surface area (Å²) in [6, 6.07) is 41.3. The monoisotopic (exact) mass is 678 g/mol. The Hall–Kier alpha value is -5.08. The van der Waals surface area contributed by atoms with E-state index in [0.29, 0.717) is 0 Å². The van der Waals surface area contributed by atoms with Crippen molar-refractivity contribution in [2.75, 3.05) is 0 Å². The van der Waals surface area contributed by atoms with E-state index >= 15 is 0 Å². The molecule has 2 heteroatoms. The number of hydrogen-bond donors (Lipinski definition) is 0. The van der Waals surface area contributed by atoms with Gasteiger partial charge in [0.25, 0.3) is 0 Å². The van der Waals surface area contributed by atoms with Crippen molar-refractivity contribution >= 4 is 21.8 Å². The first-order chi connectivity index (χ1) is 24.5. The molecule has 0 saturated heterocycles. The summed E-state index contributed by atoms with van der Waals surface area (Å²) in [6.07, 6.45) is 0.818. The molecule has 0 N–H and O–H groups in total. The molecule has 0 amide bonds. The van der Waals surface area contributed by atoms with Crippen molar-refractivity contribution in [3.63, 3.8) is 0 Å². The van der Waals surface area contributed by atoms with Crippen molar-refractivity contribution in [3.05, 3.63) is 143 Å². The first-order valence-corrected chi connectivity index (χ1v) is 18.8. The predicted octanol–water partition coefficient (Wildman–Crippen LogP) is 13.6. The second-order valence-corrected chi connectivity index (χ2v) is 18.0. The van der Waals surface area contributed by atoms with Gasteiger partial charge in [0.15, 0.2) is 0 Å². The van der Waals surface area contributed by atoms with Gasteiger partial charge in [0.2, 0.25) is 0 Å². The fourth-order valence-electron chi connectivity index (χ4n) is 7.77. The highest BCUT2D eigenvalue weighted by Gasteiger charge is 2.23. The van der Waals surface area contributed by atoms with Crippen LogP contribution in [0.15, 0.2) is 109 Å². The Bertz CT molecular complexity index is 2550. The smallest absolute Gasteiger partial charge is 0.0972 e. The van der Waals surface area contributed by atoms with Gasteiger partial charge < -0.3 is 0 Å². The summed E-state index contributed by atoms with van der Waals surface area (Å²) in [4.78, 5) is 10.8. The number of hydrogen-bond acceptors (Lipinski definition) is 2. The maximum atomic E-state index is 5.42. The molecule has 260 valence electrons. The van der Waals surface area contributed by atoms with Gasteiger partial charge >= 0.3 is 0 Å². The van der Waals surface area contributed by atoms with Gasteiger partial charge in [-0.1, -0.05) is 147 Å². The Morgan fingerprint density at radius 3 is 1.54 bits per heavy atom. The lowest BCUT2D eigenvalue weighted by atomic mass is 9.79. The van der Waals surface area contributed by atoms with Crippen LogP contribution in [0, 0.1) is 6.92 Å². The van der Waals surface area contributed by atoms with E-state index in [1.165, 1.54) is 55.6 Å². The summed E-state index contributed by atoms with van der Waals surface area (Å²) < 4.78 is 0. The quantitative estimate of drug-likeness (QED) is 0.149. The molecule has 52 heavy (non-hydrogen) atoms. The van der Waals surface area contributed by atoms with Crippen LogP contribution in [-0.2, 0) is 22.7 Å². The molecular weight excluding hydrogens is 629 g/mol. The van der Waals surface area contributed by atoms with Gasteiger partial charge in [-0.05, 0) is 109 Å². The summed E-state index contributed by atoms with van der Waals surface area (Å²) >= 11 is 0. The van der Waals surface area contributed by atoms with E-state index in [1.807, 2.05) is 0 Å². The van der Waals surface area contributed by atoms with Gasteiger partial charge in [-0.3, -0.25) is 0 Å². The van der Waals surface area contributed by atoms with Gasteiger partial charge in [0.1, 0.15) is 0 Å². The van der Waals surface area contributed by atoms with Crippen LogP contribution in [0.25, 0.3) is 66.6 Å². The molecule has 0 radical (unpaired) electrons. The highest BCUT2D eigenvalue weighted by molar-refractivity contribution is 6.04. The zero-order chi connectivity index (χ0) is 36.7. The normalized spacial score (nSPS) is 13.1. The number of pyridine rings is 2. The molecule has 0 unspecified atom stereocenters. The minimum atomic E-state index is -0.0528. The van der Waals surface area contributed by atoms with Crippen LogP contribution < -0.4 is 0 Å². The third kappa shape index (κ3) is 6.03. The van der Waals surface area contributed by atoms with Gasteiger partial charge in [-0.2, -0.15) is 0 Å². The predicted molar refractivity (Wildman–Crippen MR) is 222 cm³/mol. The zero-order valence-corrected chi connectivity index (χ0v) is 32.5. The molecule has 0 aliphatic carbocycles. The Morgan fingerprint density at radius 1 is 0.423 bits per heavy atom. The molecule has 8 rings (SSSR count). The average molecular weight is 679 g/mol. The minimum Gasteiger partial charge on any atom is -0.245 e. The highest BCUT2D eigenvalue weighted by atomic mass is 14.8. The Morgan fingerprint density at radius 2 is 0.923 bits per heavy atom. The van der Waals surface area contributed by atoms with Crippen molar-refractivity contribution in [1.82, 2.24) is 9.97 Å². The molecule has 0 saturated carbocycles. The van der Waals surface area contributed by atoms with Crippen LogP contribution in [0.1, 0.15) is 95.7 Å². The molecule has 2 aromatic heterocycles. The Balaban J connectivity index is 1.52. The fourth-order valence-corrected chi connectivity index (χ4v) is 7.77. The lowest BCUT2D eigenvalue weighted by Crippen LogP contribution is -2.13. The molecule has 0 atom stereocenters. The number of aromatic nitrogens is 2. The summed E-state index contributed by atoms with van der Waals surface area (Å²) in [5.41, 5.74) is 19.0. The Kier molecular flexibility index (Phi) is 7.84. The van der Waals surface area contributed by atoms with Gasteiger partial charge in [0, 0.05) is 21.9 Å². The molecule has 3 heterocycles. The molecule has 2 nitrogen and oxygen atoms in total. The van der Waals surface area contributed by atoms with Crippen LogP contribution in [0.5, 0.6) is 0 Å². The lowest BCUT2D eigenvalue weighted by molar-refractivity contribution is 0.589. The maximum absolute atomic E-state index is 5.42. The van der Waals surface area contributed by atoms with Crippen molar-refractivity contribution < 1.29 is 0 Å². The van der Waals surface area contributed by atoms with Crippen molar-refractivity contribution in [2.24, 2.45) is 0 Å². The average Bonchev–Trinajstić information content (AvgIpc) is 3.10. The fraction of sp³-hybridized carbons (Fsp3) is 0.280. The first-order valence-electron chi connectivity index (χ1n) is 18.8. The summed E-state index contributed by atoms with van der Waals surface area (Å²) in [5.74, 6) is 0. The molecule has 5 aromatic carbocycles. The van der Waals surface area contributed by atoms with Crippen LogP contribution >= 0.6 is 0 Å². The molecular formula is C50H50N2. The SMILES string of the molecule is Cc1c2cccc1-c1cc(C(C)(C)C)ccc1Cc1ccc(C(C)(C)C)cc1-c1cc(cc(C(C)(C)C)c1)-c1ccc3ccc4ccc-2nc4c3n1. The third-order valence-corrected chi connectivity index (χ3v) is 11.2. The second kappa shape index (κ2) is 12.0. The number of rotatable bonds is 0. The van der Waals surface area contributed by atoms with Crippen LogP contribution in [0.2, 0.25) is 0 Å². The van der Waals surface area contributed by atoms with Crippen molar-refractivity contribution in [1.29, 1.82) is 0 Å². The molecule has 1 aliphatic rings. The molecule has 0 spiro atoms. The largest absolute Gasteiger partial charge is 0.245 e. The molecule has 8 bridgehead atoms. The van der Waals surface area contributed by atoms with E-state index in [0.717, 1.165) is 50.7 Å². The highest BCUT2D eigenvalue weighted by Crippen LogP contribution is 2.41. The molecule has 7 aromatic rings. The van der Waals surface area contributed by atoms with E-state index in [-0.39, 0.29) is 16.2 Å². The van der Waals surface area contributed by atoms with E-state index < -0.39 is 0 Å². The minimum absolute atomic E-state index is 0.0100. The second-order valence-electron chi connectivity index (χ2n) is 18.0. The molecule has 1 aliphatic heterocycles. The number of fused-ring (bicyclic) bond motifs is 12. The van der Waals surface area contributed by atoms with E-state index in [1.54, 1.807) is 0 Å². The van der Waals surface area contributed by atoms with E-state index in [9.17, 15) is 0 Å². The first kappa shape index (κ1) is 34.0. The van der Waals surface area contributed by atoms with Crippen LogP contribution in [0.3, 0.4) is 0 Å². The van der Waals surface area contributed by atoms with Crippen LogP contribution in [0.4, 0.5) is 0 Å². The van der Waals surface area contributed by atoms with E-state index in [4.69, 9.17) is 9.97 Å². The summed E-state index contributed by atoms with van der Waals surface area (Å²) in [6.45, 7) is 23.1. The summed E-state index contributed by atoms with van der Waals surface area (Å²) in [7, 11) is 0. The van der Waals surface area contributed by atoms with Gasteiger partial charge in [-0.15, -0.1) is 0 Å². The van der Waals surface area contributed by atoms with E-state index in [2.05, 4.69) is 178 Å². The third-order valence-electron chi connectivity index (χ3n) is 11.2. The van der Waals surface area contributed by atoms with Crippen molar-refractivity contribution in [2.45, 2.75) is 91.9 Å². The number of benzene rings is 5. The maximum Gasteiger partial charge on any atom is 0.0972 e.